The minimum atomic E-state index is -1.26. The Labute approximate surface area is 159 Å². The molecule has 3 rings (SSSR count). The zero-order valence-corrected chi connectivity index (χ0v) is 15.9. The monoisotopic (exact) mass is 391 g/mol. The molecule has 0 aliphatic carbocycles. The van der Waals surface area contributed by atoms with Crippen LogP contribution in [0.25, 0.3) is 11.1 Å². The van der Waals surface area contributed by atoms with Crippen LogP contribution in [0.3, 0.4) is 0 Å². The van der Waals surface area contributed by atoms with E-state index in [9.17, 15) is 13.8 Å². The van der Waals surface area contributed by atoms with Crippen LogP contribution in [0.4, 0.5) is 4.79 Å². The molecule has 2 aromatic rings. The zero-order chi connectivity index (χ0) is 18.5. The number of carbonyl (C=O) groups is 2. The molecule has 138 valence electrons. The molecule has 6 nitrogen and oxygen atoms in total. The summed E-state index contributed by atoms with van der Waals surface area (Å²) in [6, 6.07) is 9.54. The van der Waals surface area contributed by atoms with E-state index in [0.717, 1.165) is 11.1 Å². The third-order valence-electron chi connectivity index (χ3n) is 4.36. The van der Waals surface area contributed by atoms with Crippen molar-refractivity contribution in [3.63, 3.8) is 0 Å². The lowest BCUT2D eigenvalue weighted by Gasteiger charge is -2.33. The van der Waals surface area contributed by atoms with Gasteiger partial charge in [0, 0.05) is 42.7 Å². The fourth-order valence-corrected chi connectivity index (χ4v) is 4.65. The third kappa shape index (κ3) is 4.70. The van der Waals surface area contributed by atoms with Crippen molar-refractivity contribution in [2.24, 2.45) is 5.73 Å². The van der Waals surface area contributed by atoms with Gasteiger partial charge in [-0.25, -0.2) is 4.79 Å². The highest BCUT2D eigenvalue weighted by Crippen LogP contribution is 2.22. The number of primary amides is 1. The molecule has 1 aromatic carbocycles. The topological polar surface area (TPSA) is 83.7 Å². The Balaban J connectivity index is 1.49. The van der Waals surface area contributed by atoms with Crippen LogP contribution < -0.4 is 5.73 Å². The van der Waals surface area contributed by atoms with E-state index < -0.39 is 16.8 Å². The van der Waals surface area contributed by atoms with Gasteiger partial charge >= 0.3 is 6.03 Å². The van der Waals surface area contributed by atoms with Gasteiger partial charge in [-0.1, -0.05) is 24.3 Å². The maximum atomic E-state index is 12.3. The molecule has 26 heavy (non-hydrogen) atoms. The number of piperazine rings is 1. The Hall–Kier alpha value is -2.19. The highest BCUT2D eigenvalue weighted by Gasteiger charge is 2.23. The van der Waals surface area contributed by atoms with Crippen LogP contribution in [-0.4, -0.2) is 57.9 Å². The summed E-state index contributed by atoms with van der Waals surface area (Å²) in [6.45, 7) is 1.73. The second-order valence-corrected chi connectivity index (χ2v) is 8.38. The van der Waals surface area contributed by atoms with E-state index in [2.05, 4.69) is 11.4 Å². The lowest BCUT2D eigenvalue weighted by Crippen LogP contribution is -2.52. The summed E-state index contributed by atoms with van der Waals surface area (Å²) in [5.41, 5.74) is 8.49. The summed E-state index contributed by atoms with van der Waals surface area (Å²) in [4.78, 5) is 26.6. The lowest BCUT2D eigenvalue weighted by molar-refractivity contribution is -0.129. The van der Waals surface area contributed by atoms with Crippen molar-refractivity contribution >= 4 is 34.1 Å². The first-order valence-corrected chi connectivity index (χ1v) is 10.7. The van der Waals surface area contributed by atoms with Gasteiger partial charge in [-0.3, -0.25) is 9.00 Å². The highest BCUT2D eigenvalue weighted by molar-refractivity contribution is 7.84. The largest absolute Gasteiger partial charge is 0.351 e. The molecule has 0 radical (unpaired) electrons. The standard InChI is InChI=1S/C18H21N3O3S2/c19-18(23)21-8-6-20(7-9-21)17(22)13-26(24)12-14-1-3-15(4-2-14)16-5-10-25-11-16/h1-5,10-11H,6-9,12-13H2,(H2,19,23). The van der Waals surface area contributed by atoms with E-state index in [1.807, 2.05) is 29.6 Å². The summed E-state index contributed by atoms with van der Waals surface area (Å²) in [6.07, 6.45) is 0. The first-order chi connectivity index (χ1) is 12.5. The first-order valence-electron chi connectivity index (χ1n) is 8.31. The molecule has 0 bridgehead atoms. The van der Waals surface area contributed by atoms with E-state index in [1.165, 1.54) is 10.5 Å². The summed E-state index contributed by atoms with van der Waals surface area (Å²) < 4.78 is 12.3. The lowest BCUT2D eigenvalue weighted by atomic mass is 10.1. The number of urea groups is 1. The Morgan fingerprint density at radius 1 is 1.00 bits per heavy atom. The van der Waals surface area contributed by atoms with E-state index >= 15 is 0 Å². The van der Waals surface area contributed by atoms with Crippen LogP contribution in [0, 0.1) is 0 Å². The van der Waals surface area contributed by atoms with Crippen molar-refractivity contribution in [2.75, 3.05) is 31.9 Å². The Kier molecular flexibility index (Phi) is 6.05. The molecule has 1 aliphatic heterocycles. The smallest absolute Gasteiger partial charge is 0.314 e. The maximum Gasteiger partial charge on any atom is 0.314 e. The van der Waals surface area contributed by atoms with Gasteiger partial charge in [0.15, 0.2) is 0 Å². The number of nitrogens with zero attached hydrogens (tertiary/aromatic N) is 2. The fourth-order valence-electron chi connectivity index (χ4n) is 2.86. The molecule has 1 unspecified atom stereocenters. The van der Waals surface area contributed by atoms with Crippen molar-refractivity contribution in [3.8, 4) is 11.1 Å². The molecular formula is C18H21N3O3S2. The zero-order valence-electron chi connectivity index (χ0n) is 14.3. The second kappa shape index (κ2) is 8.46. The minimum absolute atomic E-state index is 0.00283. The van der Waals surface area contributed by atoms with Crippen molar-refractivity contribution in [1.82, 2.24) is 9.80 Å². The molecule has 1 atom stereocenters. The number of thiophene rings is 1. The summed E-state index contributed by atoms with van der Waals surface area (Å²) in [7, 11) is -1.26. The van der Waals surface area contributed by atoms with Gasteiger partial charge in [-0.2, -0.15) is 11.3 Å². The molecule has 2 N–H and O–H groups in total. The fraction of sp³-hybridized carbons (Fsp3) is 0.333. The molecule has 1 fully saturated rings. The predicted octanol–water partition coefficient (Wildman–Crippen LogP) is 1.89. The van der Waals surface area contributed by atoms with Crippen LogP contribution >= 0.6 is 11.3 Å². The molecule has 1 aliphatic rings. The van der Waals surface area contributed by atoms with Gasteiger partial charge in [0.2, 0.25) is 5.91 Å². The number of benzene rings is 1. The molecule has 0 spiro atoms. The van der Waals surface area contributed by atoms with Gasteiger partial charge in [-0.05, 0) is 33.5 Å². The van der Waals surface area contributed by atoms with Crippen molar-refractivity contribution in [2.45, 2.75) is 5.75 Å². The Bertz CT molecular complexity index is 783. The number of amides is 3. The number of rotatable bonds is 5. The number of hydrogen-bond acceptors (Lipinski definition) is 4. The van der Waals surface area contributed by atoms with Crippen LogP contribution in [-0.2, 0) is 21.3 Å². The Morgan fingerprint density at radius 3 is 2.23 bits per heavy atom. The normalized spacial score (nSPS) is 15.7. The predicted molar refractivity (Wildman–Crippen MR) is 104 cm³/mol. The van der Waals surface area contributed by atoms with Crippen LogP contribution in [0.2, 0.25) is 0 Å². The van der Waals surface area contributed by atoms with Gasteiger partial charge in [0.1, 0.15) is 5.75 Å². The third-order valence-corrected chi connectivity index (χ3v) is 6.27. The molecule has 3 amide bonds. The molecule has 2 heterocycles. The SMILES string of the molecule is NC(=O)N1CCN(C(=O)CS(=O)Cc2ccc(-c3ccsc3)cc2)CC1. The van der Waals surface area contributed by atoms with E-state index in [0.29, 0.717) is 31.9 Å². The van der Waals surface area contributed by atoms with Crippen molar-refractivity contribution in [1.29, 1.82) is 0 Å². The molecule has 1 aromatic heterocycles. The minimum Gasteiger partial charge on any atom is -0.351 e. The van der Waals surface area contributed by atoms with E-state index in [1.54, 1.807) is 16.2 Å². The average Bonchev–Trinajstić information content (AvgIpc) is 3.17. The van der Waals surface area contributed by atoms with E-state index in [-0.39, 0.29) is 11.7 Å². The van der Waals surface area contributed by atoms with Crippen molar-refractivity contribution in [3.05, 3.63) is 46.7 Å². The van der Waals surface area contributed by atoms with Crippen LogP contribution in [0.5, 0.6) is 0 Å². The summed E-state index contributed by atoms with van der Waals surface area (Å²) in [5, 5.41) is 4.12. The quantitative estimate of drug-likeness (QED) is 0.845. The number of carbonyl (C=O) groups excluding carboxylic acids is 2. The first kappa shape index (κ1) is 18.6. The van der Waals surface area contributed by atoms with Gasteiger partial charge in [0.05, 0.1) is 0 Å². The molecule has 0 saturated carbocycles. The summed E-state index contributed by atoms with van der Waals surface area (Å²) in [5.74, 6) is 0.224. The number of nitrogens with two attached hydrogens (primary N) is 1. The number of hydrogen-bond donors (Lipinski definition) is 1. The van der Waals surface area contributed by atoms with Gasteiger partial charge < -0.3 is 15.5 Å². The summed E-state index contributed by atoms with van der Waals surface area (Å²) >= 11 is 1.65. The Morgan fingerprint density at radius 2 is 1.65 bits per heavy atom. The average molecular weight is 392 g/mol. The highest BCUT2D eigenvalue weighted by atomic mass is 32.2. The second-order valence-electron chi connectivity index (χ2n) is 6.14. The van der Waals surface area contributed by atoms with Gasteiger partial charge in [-0.15, -0.1) is 0 Å². The van der Waals surface area contributed by atoms with Crippen LogP contribution in [0.1, 0.15) is 5.56 Å². The molecular weight excluding hydrogens is 370 g/mol. The van der Waals surface area contributed by atoms with Gasteiger partial charge in [0.25, 0.3) is 0 Å². The van der Waals surface area contributed by atoms with Crippen molar-refractivity contribution < 1.29 is 13.8 Å². The maximum absolute atomic E-state index is 12.3. The van der Waals surface area contributed by atoms with Crippen LogP contribution in [0.15, 0.2) is 41.1 Å². The molecule has 1 saturated heterocycles. The van der Waals surface area contributed by atoms with E-state index in [4.69, 9.17) is 5.73 Å². The molecule has 8 heteroatoms.